The number of amides is 8. The van der Waals surface area contributed by atoms with Gasteiger partial charge in [0.1, 0.15) is 53.6 Å². The van der Waals surface area contributed by atoms with E-state index in [9.17, 15) is 85.7 Å². The molecule has 6 atom stereocenters. The van der Waals surface area contributed by atoms with Gasteiger partial charge in [-0.05, 0) is 118 Å². The maximum Gasteiger partial charge on any atom is 0.305 e. The Kier molecular flexibility index (Phi) is 29.9. The molecule has 31 heteroatoms. The minimum atomic E-state index is -4.60. The van der Waals surface area contributed by atoms with Gasteiger partial charge in [-0.1, -0.05) is 54.4 Å². The molecule has 5 rings (SSSR count). The van der Waals surface area contributed by atoms with Crippen LogP contribution in [-0.4, -0.2) is 169 Å². The average Bonchev–Trinajstić information content (AvgIpc) is 1.82. The number of aliphatic carboxylic acids is 3. The third-order valence-electron chi connectivity index (χ3n) is 15.1. The van der Waals surface area contributed by atoms with Gasteiger partial charge in [-0.3, -0.25) is 52.7 Å². The second-order valence-corrected chi connectivity index (χ2v) is 24.2. The smallest absolute Gasteiger partial charge is 0.305 e. The zero-order chi connectivity index (χ0) is 69.7. The number of methoxy groups -OCH3 is 1. The van der Waals surface area contributed by atoms with E-state index in [1.54, 1.807) is 42.6 Å². The van der Waals surface area contributed by atoms with E-state index in [2.05, 4.69) is 47.5 Å². The first-order valence-corrected chi connectivity index (χ1v) is 31.9. The van der Waals surface area contributed by atoms with Crippen molar-refractivity contribution in [3.8, 4) is 5.75 Å². The Balaban J connectivity index is 1.25. The van der Waals surface area contributed by atoms with Gasteiger partial charge < -0.3 is 78.1 Å². The minimum absolute atomic E-state index is 0.00183. The van der Waals surface area contributed by atoms with Crippen LogP contribution in [0.15, 0.2) is 108 Å². The van der Waals surface area contributed by atoms with Crippen molar-refractivity contribution in [1.29, 1.82) is 0 Å². The molecule has 0 aliphatic carbocycles. The van der Waals surface area contributed by atoms with Gasteiger partial charge in [0.25, 0.3) is 5.91 Å². The summed E-state index contributed by atoms with van der Waals surface area (Å²) in [6.45, 7) is 1.11. The minimum Gasteiger partial charge on any atom is -0.497 e. The largest absolute Gasteiger partial charge is 0.497 e. The third kappa shape index (κ3) is 25.4. The lowest BCUT2D eigenvalue weighted by atomic mass is 9.93. The standard InChI is InChI=1S/C64H80FN11O18S/c1-39-16-18-41(19-17-39)58(86)67-30-9-7-28-64(37-66,38-77)75-53(78)15-4-3-8-29-68-59(87)48(24-26-55(80)81)72-62(90)51(33-42-35-69-47-14-6-5-13-46(42)47)74-61(89)50(32-40-11-10-12-43(65)31-40)71-54(79)36-70-60(88)49(25-27-56(82)83)73-63(91)52(34-57(84)85)76-95(92,93)45-22-20-44(94-2)21-23-45/h5-6,10-14,16-23,31,35,38,48-52,69,76H,3-4,7-9,15,24-30,32-34,36-37,66H2,1-2H3,(H,67,86)(H,68,87)(H,70,88)(H,71,79)(H,72,90)(H,73,91)(H,74,89)(H,75,78)(H,80,81)(H,82,83)(H,84,85). The number of halogens is 1. The average molecular weight is 1340 g/mol. The number of benzene rings is 4. The Morgan fingerprint density at radius 3 is 1.84 bits per heavy atom. The monoisotopic (exact) mass is 1340 g/mol. The van der Waals surface area contributed by atoms with Crippen molar-refractivity contribution in [2.45, 2.75) is 137 Å². The van der Waals surface area contributed by atoms with Crippen LogP contribution in [0.25, 0.3) is 10.9 Å². The first-order chi connectivity index (χ1) is 45.2. The van der Waals surface area contributed by atoms with E-state index in [0.29, 0.717) is 67.0 Å². The van der Waals surface area contributed by atoms with Crippen LogP contribution < -0.4 is 57.7 Å². The van der Waals surface area contributed by atoms with Gasteiger partial charge in [0.05, 0.1) is 25.0 Å². The maximum atomic E-state index is 14.6. The maximum absolute atomic E-state index is 14.6. The number of ether oxygens (including phenoxy) is 1. The lowest BCUT2D eigenvalue weighted by Crippen LogP contribution is -2.58. The van der Waals surface area contributed by atoms with Crippen molar-refractivity contribution < 1.29 is 90.4 Å². The number of carboxylic acids is 3. The number of hydrogen-bond donors (Lipinski definition) is 14. The molecule has 0 aliphatic rings. The van der Waals surface area contributed by atoms with Gasteiger partial charge in [0.2, 0.25) is 51.4 Å². The molecule has 1 aromatic heterocycles. The van der Waals surface area contributed by atoms with Gasteiger partial charge in [-0.25, -0.2) is 12.8 Å². The fourth-order valence-corrected chi connectivity index (χ4v) is 11.0. The number of carbonyl (C=O) groups is 12. The van der Waals surface area contributed by atoms with Gasteiger partial charge in [-0.15, -0.1) is 0 Å². The summed E-state index contributed by atoms with van der Waals surface area (Å²) in [6.07, 6.45) is 0.127. The van der Waals surface area contributed by atoms with Crippen LogP contribution in [0.3, 0.4) is 0 Å². The highest BCUT2D eigenvalue weighted by molar-refractivity contribution is 7.89. The molecule has 0 bridgehead atoms. The second kappa shape index (κ2) is 37.5. The number of carbonyl (C=O) groups excluding carboxylic acids is 9. The molecule has 0 aliphatic heterocycles. The summed E-state index contributed by atoms with van der Waals surface area (Å²) < 4.78 is 48.1. The number of para-hydroxylation sites is 1. The lowest BCUT2D eigenvalue weighted by molar-refractivity contribution is -0.140. The van der Waals surface area contributed by atoms with Crippen molar-refractivity contribution in [2.75, 3.05) is 33.3 Å². The number of aromatic amines is 1. The number of aryl methyl sites for hydroxylation is 1. The Morgan fingerprint density at radius 1 is 0.632 bits per heavy atom. The van der Waals surface area contributed by atoms with Crippen molar-refractivity contribution in [2.24, 2.45) is 5.73 Å². The first kappa shape index (κ1) is 75.6. The summed E-state index contributed by atoms with van der Waals surface area (Å²) in [5.74, 6) is -12.0. The number of nitrogens with one attached hydrogen (secondary N) is 10. The fourth-order valence-electron chi connectivity index (χ4n) is 9.83. The van der Waals surface area contributed by atoms with E-state index in [0.717, 1.165) is 29.8 Å². The summed E-state index contributed by atoms with van der Waals surface area (Å²) in [6, 6.07) is 15.1. The molecule has 4 aromatic carbocycles. The number of rotatable bonds is 42. The highest BCUT2D eigenvalue weighted by atomic mass is 32.2. The molecule has 1 heterocycles. The zero-order valence-corrected chi connectivity index (χ0v) is 53.2. The van der Waals surface area contributed by atoms with Crippen molar-refractivity contribution >= 4 is 92.4 Å². The van der Waals surface area contributed by atoms with Crippen LogP contribution in [0.2, 0.25) is 0 Å². The van der Waals surface area contributed by atoms with E-state index in [-0.39, 0.29) is 49.6 Å². The fraction of sp³-hybridized carbons (Fsp3) is 0.406. The van der Waals surface area contributed by atoms with Crippen LogP contribution in [0.4, 0.5) is 4.39 Å². The van der Waals surface area contributed by atoms with Gasteiger partial charge in [0, 0.05) is 74.4 Å². The van der Waals surface area contributed by atoms with E-state index in [1.807, 2.05) is 23.8 Å². The first-order valence-electron chi connectivity index (χ1n) is 30.4. The second-order valence-electron chi connectivity index (χ2n) is 22.4. The van der Waals surface area contributed by atoms with Crippen LogP contribution in [0.1, 0.15) is 104 Å². The van der Waals surface area contributed by atoms with E-state index in [4.69, 9.17) is 10.5 Å². The highest BCUT2D eigenvalue weighted by Gasteiger charge is 2.35. The number of nitrogens with two attached hydrogens (primary N) is 1. The summed E-state index contributed by atoms with van der Waals surface area (Å²) in [7, 11) is -3.28. The molecule has 5 aromatic rings. The Labute approximate surface area is 546 Å². The van der Waals surface area contributed by atoms with E-state index < -0.39 is 161 Å². The van der Waals surface area contributed by atoms with Gasteiger partial charge in [-0.2, -0.15) is 4.72 Å². The molecule has 0 saturated carbocycles. The molecule has 6 unspecified atom stereocenters. The van der Waals surface area contributed by atoms with Gasteiger partial charge in [0.15, 0.2) is 0 Å². The molecular weight excluding hydrogens is 1260 g/mol. The Morgan fingerprint density at radius 2 is 1.23 bits per heavy atom. The normalized spacial score (nSPS) is 13.4. The SMILES string of the molecule is COc1ccc(S(=O)(=O)NC(CC(=O)O)C(=O)NC(CCC(=O)O)C(=O)NCC(=O)NC(Cc2cccc(F)c2)C(=O)NC(Cc2c[nH]c3ccccc23)C(=O)NC(CCC(=O)O)C(=O)NCCCCCC(=O)NC(C=O)(CN)CCCCNC(=O)c2ccc(C)cc2)cc1. The number of unbranched alkanes of at least 4 members (excludes halogenated alkanes) is 3. The van der Waals surface area contributed by atoms with Crippen molar-refractivity contribution in [3.63, 3.8) is 0 Å². The lowest BCUT2D eigenvalue weighted by Gasteiger charge is -2.28. The van der Waals surface area contributed by atoms with Crippen LogP contribution in [0, 0.1) is 12.7 Å². The number of hydrogen-bond acceptors (Lipinski definition) is 16. The molecule has 8 amide bonds. The molecule has 95 heavy (non-hydrogen) atoms. The quantitative estimate of drug-likeness (QED) is 0.0193. The molecule has 0 fully saturated rings. The Hall–Kier alpha value is -10.1. The summed E-state index contributed by atoms with van der Waals surface area (Å²) >= 11 is 0. The van der Waals surface area contributed by atoms with Crippen LogP contribution in [0.5, 0.6) is 5.75 Å². The molecular formula is C64H80FN11O18S. The van der Waals surface area contributed by atoms with E-state index >= 15 is 0 Å². The molecule has 29 nitrogen and oxygen atoms in total. The van der Waals surface area contributed by atoms with Crippen LogP contribution in [-0.2, 0) is 75.6 Å². The number of aldehydes is 1. The molecule has 15 N–H and O–H groups in total. The predicted molar refractivity (Wildman–Crippen MR) is 341 cm³/mol. The van der Waals surface area contributed by atoms with Crippen molar-refractivity contribution in [3.05, 3.63) is 131 Å². The van der Waals surface area contributed by atoms with E-state index in [1.165, 1.54) is 31.4 Å². The Bertz CT molecular complexity index is 3630. The summed E-state index contributed by atoms with van der Waals surface area (Å²) in [5.41, 5.74) is 7.42. The molecule has 0 spiro atoms. The third-order valence-corrected chi connectivity index (χ3v) is 16.6. The number of H-pyrrole nitrogens is 1. The predicted octanol–water partition coefficient (Wildman–Crippen LogP) is 1.31. The zero-order valence-electron chi connectivity index (χ0n) is 52.3. The number of aromatic nitrogens is 1. The molecule has 0 saturated heterocycles. The topological polar surface area (TPSA) is 459 Å². The van der Waals surface area contributed by atoms with Crippen LogP contribution >= 0.6 is 0 Å². The summed E-state index contributed by atoms with van der Waals surface area (Å²) in [5, 5.41) is 49.5. The molecule has 512 valence electrons. The highest BCUT2D eigenvalue weighted by Crippen LogP contribution is 2.21. The molecule has 0 radical (unpaired) electrons. The number of fused-ring (bicyclic) bond motifs is 1. The number of sulfonamides is 1. The van der Waals surface area contributed by atoms with Gasteiger partial charge >= 0.3 is 17.9 Å². The number of carboxylic acid groups (broad SMARTS) is 3. The van der Waals surface area contributed by atoms with Crippen molar-refractivity contribution in [1.82, 2.24) is 52.2 Å². The summed E-state index contributed by atoms with van der Waals surface area (Å²) in [4.78, 5) is 160.